The molecular weight excluding hydrogens is 421 g/mol. The Morgan fingerprint density at radius 3 is 2.32 bits per heavy atom. The molecule has 0 fully saturated rings. The van der Waals surface area contributed by atoms with Crippen molar-refractivity contribution in [2.45, 2.75) is 5.75 Å². The molecule has 5 nitrogen and oxygen atoms in total. The van der Waals surface area contributed by atoms with Gasteiger partial charge < -0.3 is 13.9 Å². The van der Waals surface area contributed by atoms with Crippen molar-refractivity contribution in [3.63, 3.8) is 0 Å². The molecule has 8 heteroatoms. The molecule has 3 aromatic rings. The Labute approximate surface area is 175 Å². The Hall–Kier alpha value is -2.41. The van der Waals surface area contributed by atoms with E-state index in [2.05, 4.69) is 4.99 Å². The smallest absolute Gasteiger partial charge is 0.234 e. The summed E-state index contributed by atoms with van der Waals surface area (Å²) in [4.78, 5) is 17.2. The van der Waals surface area contributed by atoms with Crippen LogP contribution in [0.15, 0.2) is 74.4 Å². The lowest BCUT2D eigenvalue weighted by molar-refractivity contribution is 0.101. The summed E-state index contributed by atoms with van der Waals surface area (Å²) >= 11 is 13.3. The maximum Gasteiger partial charge on any atom is 0.234 e. The van der Waals surface area contributed by atoms with Crippen LogP contribution in [-0.4, -0.2) is 23.0 Å². The van der Waals surface area contributed by atoms with E-state index in [4.69, 9.17) is 32.0 Å². The Morgan fingerprint density at radius 2 is 1.75 bits per heavy atom. The molecule has 1 aromatic carbocycles. The van der Waals surface area contributed by atoms with E-state index < -0.39 is 5.78 Å². The SMILES string of the molecule is CN=C(SCc1ccc(Cl)c(Cl)c1)/C(C(=O)c1ccco1)=C(/O)c1ccco1. The van der Waals surface area contributed by atoms with E-state index >= 15 is 0 Å². The fourth-order valence-electron chi connectivity index (χ4n) is 2.40. The van der Waals surface area contributed by atoms with E-state index in [0.29, 0.717) is 20.8 Å². The van der Waals surface area contributed by atoms with Crippen molar-refractivity contribution in [3.8, 4) is 0 Å². The Bertz CT molecular complexity index is 1020. The minimum atomic E-state index is -0.499. The zero-order valence-corrected chi connectivity index (χ0v) is 17.0. The second-order valence-corrected chi connectivity index (χ2v) is 7.35. The van der Waals surface area contributed by atoms with Crippen LogP contribution in [0.2, 0.25) is 10.0 Å². The first-order valence-corrected chi connectivity index (χ1v) is 9.84. The first-order valence-electron chi connectivity index (χ1n) is 8.10. The third-order valence-corrected chi connectivity index (χ3v) is 5.62. The highest BCUT2D eigenvalue weighted by Crippen LogP contribution is 2.29. The fraction of sp³-hybridized carbons (Fsp3) is 0.100. The molecule has 144 valence electrons. The highest BCUT2D eigenvalue weighted by Gasteiger charge is 2.26. The molecule has 0 spiro atoms. The molecule has 0 unspecified atom stereocenters. The number of rotatable bonds is 6. The lowest BCUT2D eigenvalue weighted by Gasteiger charge is -2.11. The molecule has 0 amide bonds. The molecular formula is C20H15Cl2NO4S. The quantitative estimate of drug-likeness (QED) is 0.162. The van der Waals surface area contributed by atoms with Crippen LogP contribution in [-0.2, 0) is 5.75 Å². The van der Waals surface area contributed by atoms with Crippen molar-refractivity contribution < 1.29 is 18.7 Å². The van der Waals surface area contributed by atoms with Gasteiger partial charge in [-0.25, -0.2) is 0 Å². The van der Waals surface area contributed by atoms with Crippen LogP contribution < -0.4 is 0 Å². The van der Waals surface area contributed by atoms with Crippen LogP contribution in [0, 0.1) is 0 Å². The molecule has 0 saturated heterocycles. The van der Waals surface area contributed by atoms with Gasteiger partial charge in [0.25, 0.3) is 0 Å². The number of Topliss-reactive ketones (excluding diaryl/α,β-unsaturated/α-hetero) is 1. The molecule has 0 aliphatic rings. The zero-order valence-electron chi connectivity index (χ0n) is 14.7. The minimum absolute atomic E-state index is 0.00235. The van der Waals surface area contributed by atoms with Crippen molar-refractivity contribution in [2.24, 2.45) is 4.99 Å². The second-order valence-electron chi connectivity index (χ2n) is 5.57. The van der Waals surface area contributed by atoms with Crippen molar-refractivity contribution >= 4 is 51.5 Å². The van der Waals surface area contributed by atoms with Crippen LogP contribution in [0.3, 0.4) is 0 Å². The van der Waals surface area contributed by atoms with Gasteiger partial charge in [-0.05, 0) is 42.0 Å². The number of thioether (sulfide) groups is 1. The topological polar surface area (TPSA) is 75.9 Å². The number of hydrogen-bond donors (Lipinski definition) is 1. The van der Waals surface area contributed by atoms with Crippen molar-refractivity contribution in [1.29, 1.82) is 0 Å². The van der Waals surface area contributed by atoms with Gasteiger partial charge in [0.15, 0.2) is 17.3 Å². The molecule has 0 aliphatic heterocycles. The van der Waals surface area contributed by atoms with E-state index in [1.807, 2.05) is 6.07 Å². The summed E-state index contributed by atoms with van der Waals surface area (Å²) in [6, 6.07) is 11.6. The molecule has 2 aromatic heterocycles. The molecule has 0 aliphatic carbocycles. The van der Waals surface area contributed by atoms with Gasteiger partial charge in [0.2, 0.25) is 5.78 Å². The van der Waals surface area contributed by atoms with Crippen LogP contribution >= 0.6 is 35.0 Å². The third kappa shape index (κ3) is 4.52. The summed E-state index contributed by atoms with van der Waals surface area (Å²) in [6.07, 6.45) is 2.80. The molecule has 28 heavy (non-hydrogen) atoms. The number of ketones is 1. The monoisotopic (exact) mass is 435 g/mol. The van der Waals surface area contributed by atoms with E-state index in [9.17, 15) is 9.90 Å². The Kier molecular flexibility index (Phi) is 6.67. The normalized spacial score (nSPS) is 12.8. The third-order valence-electron chi connectivity index (χ3n) is 3.74. The number of carbonyl (C=O) groups excluding carboxylic acids is 1. The van der Waals surface area contributed by atoms with E-state index in [-0.39, 0.29) is 22.9 Å². The van der Waals surface area contributed by atoms with Crippen molar-refractivity contribution in [2.75, 3.05) is 7.05 Å². The van der Waals surface area contributed by atoms with Gasteiger partial charge in [0, 0.05) is 12.8 Å². The number of aliphatic hydroxyl groups is 1. The van der Waals surface area contributed by atoms with E-state index in [1.54, 1.807) is 37.4 Å². The molecule has 2 heterocycles. The summed E-state index contributed by atoms with van der Waals surface area (Å²) in [5.74, 6) is -0.102. The van der Waals surface area contributed by atoms with Crippen LogP contribution in [0.5, 0.6) is 0 Å². The highest BCUT2D eigenvalue weighted by molar-refractivity contribution is 8.13. The Morgan fingerprint density at radius 1 is 1.07 bits per heavy atom. The molecule has 0 bridgehead atoms. The number of aliphatic hydroxyl groups excluding tert-OH is 1. The number of hydrogen-bond acceptors (Lipinski definition) is 6. The average Bonchev–Trinajstić information content (AvgIpc) is 3.40. The molecule has 0 saturated carbocycles. The molecule has 0 atom stereocenters. The van der Waals surface area contributed by atoms with Gasteiger partial charge in [-0.3, -0.25) is 9.79 Å². The Balaban J connectivity index is 1.94. The first-order chi connectivity index (χ1) is 13.5. The predicted octanol–water partition coefficient (Wildman–Crippen LogP) is 6.29. The minimum Gasteiger partial charge on any atom is -0.504 e. The van der Waals surface area contributed by atoms with Crippen molar-refractivity contribution in [3.05, 3.63) is 87.7 Å². The summed E-state index contributed by atoms with van der Waals surface area (Å²) in [5, 5.41) is 11.9. The van der Waals surface area contributed by atoms with Gasteiger partial charge >= 0.3 is 0 Å². The fourth-order valence-corrected chi connectivity index (χ4v) is 3.67. The van der Waals surface area contributed by atoms with E-state index in [0.717, 1.165) is 5.56 Å². The largest absolute Gasteiger partial charge is 0.504 e. The van der Waals surface area contributed by atoms with Gasteiger partial charge in [0.05, 0.1) is 22.6 Å². The predicted molar refractivity (Wildman–Crippen MR) is 112 cm³/mol. The van der Waals surface area contributed by atoms with Gasteiger partial charge in [-0.1, -0.05) is 29.3 Å². The number of benzene rings is 1. The zero-order chi connectivity index (χ0) is 20.1. The molecule has 0 radical (unpaired) electrons. The van der Waals surface area contributed by atoms with E-state index in [1.165, 1.54) is 30.4 Å². The number of nitrogens with zero attached hydrogens (tertiary/aromatic N) is 1. The first kappa shape index (κ1) is 20.3. The van der Waals surface area contributed by atoms with Gasteiger partial charge in [-0.2, -0.15) is 0 Å². The number of carbonyl (C=O) groups is 1. The van der Waals surface area contributed by atoms with Crippen LogP contribution in [0.4, 0.5) is 0 Å². The van der Waals surface area contributed by atoms with Gasteiger partial charge in [-0.15, -0.1) is 11.8 Å². The van der Waals surface area contributed by atoms with Crippen LogP contribution in [0.1, 0.15) is 21.9 Å². The van der Waals surface area contributed by atoms with Crippen molar-refractivity contribution in [1.82, 2.24) is 0 Å². The lowest BCUT2D eigenvalue weighted by atomic mass is 10.1. The van der Waals surface area contributed by atoms with Crippen LogP contribution in [0.25, 0.3) is 5.76 Å². The summed E-state index contributed by atoms with van der Waals surface area (Å²) in [7, 11) is 1.54. The lowest BCUT2D eigenvalue weighted by Crippen LogP contribution is -2.13. The summed E-state index contributed by atoms with van der Waals surface area (Å²) in [6.45, 7) is 0. The maximum absolute atomic E-state index is 13.0. The number of halogens is 2. The second kappa shape index (κ2) is 9.19. The highest BCUT2D eigenvalue weighted by atomic mass is 35.5. The molecule has 3 rings (SSSR count). The standard InChI is InChI=1S/C20H15Cl2NO4S/c1-23-20(28-11-12-6-7-13(21)14(22)10-12)17(18(24)15-4-2-8-26-15)19(25)16-5-3-9-27-16/h2-10,24H,11H2,1H3/b18-17+,23-20?. The number of aliphatic imine (C=N–C) groups is 1. The maximum atomic E-state index is 13.0. The molecule has 1 N–H and O–H groups in total. The number of furan rings is 2. The summed E-state index contributed by atoms with van der Waals surface area (Å²) < 4.78 is 10.5. The summed E-state index contributed by atoms with van der Waals surface area (Å²) in [5.41, 5.74) is 0.889. The average molecular weight is 436 g/mol. The van der Waals surface area contributed by atoms with Gasteiger partial charge in [0.1, 0.15) is 10.6 Å².